The third-order valence-electron chi connectivity index (χ3n) is 4.43. The molecule has 3 aromatic carbocycles. The fraction of sp³-hybridized carbons (Fsp3) is 0.0870. The van der Waals surface area contributed by atoms with E-state index in [0.717, 1.165) is 5.69 Å². The van der Waals surface area contributed by atoms with Gasteiger partial charge in [0.1, 0.15) is 5.25 Å². The van der Waals surface area contributed by atoms with Crippen molar-refractivity contribution in [3.63, 3.8) is 0 Å². The van der Waals surface area contributed by atoms with Crippen molar-refractivity contribution in [2.75, 3.05) is 10.2 Å². The van der Waals surface area contributed by atoms with Gasteiger partial charge >= 0.3 is 0 Å². The molecule has 1 atom stereocenters. The van der Waals surface area contributed by atoms with Gasteiger partial charge in [-0.15, -0.1) is 0 Å². The number of para-hydroxylation sites is 2. The number of anilines is 2. The maximum atomic E-state index is 13.0. The Morgan fingerprint density at radius 3 is 2.40 bits per heavy atom. The van der Waals surface area contributed by atoms with Crippen LogP contribution < -0.4 is 10.2 Å². The third-order valence-corrected chi connectivity index (χ3v) is 5.81. The zero-order chi connectivity index (χ0) is 20.9. The van der Waals surface area contributed by atoms with Gasteiger partial charge in [-0.1, -0.05) is 65.8 Å². The second kappa shape index (κ2) is 9.15. The lowest BCUT2D eigenvalue weighted by Gasteiger charge is -2.31. The molecule has 0 bridgehead atoms. The van der Waals surface area contributed by atoms with Crippen molar-refractivity contribution < 1.29 is 9.59 Å². The molecule has 1 aliphatic rings. The van der Waals surface area contributed by atoms with E-state index in [1.807, 2.05) is 60.7 Å². The number of nitrogens with one attached hydrogen (secondary N) is 1. The van der Waals surface area contributed by atoms with Crippen LogP contribution in [0.1, 0.15) is 6.42 Å². The van der Waals surface area contributed by atoms with Crippen LogP contribution in [0, 0.1) is 0 Å². The van der Waals surface area contributed by atoms with Gasteiger partial charge in [-0.2, -0.15) is 0 Å². The number of thioether (sulfide) groups is 1. The van der Waals surface area contributed by atoms with Crippen LogP contribution in [0.15, 0.2) is 89.9 Å². The van der Waals surface area contributed by atoms with E-state index >= 15 is 0 Å². The van der Waals surface area contributed by atoms with E-state index in [1.54, 1.807) is 29.2 Å². The van der Waals surface area contributed by atoms with Gasteiger partial charge in [0.2, 0.25) is 11.8 Å². The first-order valence-electron chi connectivity index (χ1n) is 9.35. The van der Waals surface area contributed by atoms with Gasteiger partial charge in [0, 0.05) is 17.1 Å². The standard InChI is InChI=1S/C23H18ClN3O2S/c24-16-8-7-11-18(14-16)25-22(29)20-15-21(28)27(19-12-5-2-6-13-19)23(30-20)26-17-9-3-1-4-10-17/h1-14,20H,15H2,(H,25,29)/t20-/m0/s1. The lowest BCUT2D eigenvalue weighted by atomic mass is 10.2. The maximum absolute atomic E-state index is 13.0. The van der Waals surface area contributed by atoms with Crippen molar-refractivity contribution >= 4 is 57.4 Å². The molecule has 1 fully saturated rings. The molecule has 0 spiro atoms. The van der Waals surface area contributed by atoms with Crippen LogP contribution in [0.25, 0.3) is 0 Å². The predicted molar refractivity (Wildman–Crippen MR) is 124 cm³/mol. The van der Waals surface area contributed by atoms with E-state index < -0.39 is 5.25 Å². The van der Waals surface area contributed by atoms with Crippen LogP contribution in [-0.2, 0) is 9.59 Å². The van der Waals surface area contributed by atoms with E-state index in [4.69, 9.17) is 11.6 Å². The Bertz CT molecular complexity index is 1090. The average Bonchev–Trinajstić information content (AvgIpc) is 2.75. The minimum Gasteiger partial charge on any atom is -0.325 e. The van der Waals surface area contributed by atoms with E-state index in [9.17, 15) is 9.59 Å². The summed E-state index contributed by atoms with van der Waals surface area (Å²) in [5, 5.41) is 3.24. The number of nitrogens with zero attached hydrogens (tertiary/aromatic N) is 2. The first kappa shape index (κ1) is 20.2. The van der Waals surface area contributed by atoms with Gasteiger partial charge in [0.15, 0.2) is 5.17 Å². The summed E-state index contributed by atoms with van der Waals surface area (Å²) >= 11 is 7.28. The summed E-state index contributed by atoms with van der Waals surface area (Å²) in [6, 6.07) is 25.6. The summed E-state index contributed by atoms with van der Waals surface area (Å²) in [6.45, 7) is 0. The number of carbonyl (C=O) groups excluding carboxylic acids is 2. The highest BCUT2D eigenvalue weighted by Crippen LogP contribution is 2.33. The minimum atomic E-state index is -0.598. The fourth-order valence-corrected chi connectivity index (χ4v) is 4.34. The number of halogens is 1. The number of benzene rings is 3. The molecule has 4 rings (SSSR count). The average molecular weight is 436 g/mol. The van der Waals surface area contributed by atoms with E-state index in [2.05, 4.69) is 10.3 Å². The highest BCUT2D eigenvalue weighted by atomic mass is 35.5. The first-order valence-corrected chi connectivity index (χ1v) is 10.6. The smallest absolute Gasteiger partial charge is 0.238 e. The monoisotopic (exact) mass is 435 g/mol. The number of amides is 2. The van der Waals surface area contributed by atoms with Crippen molar-refractivity contribution in [2.45, 2.75) is 11.7 Å². The Kier molecular flexibility index (Phi) is 6.16. The Labute approximate surface area is 183 Å². The minimum absolute atomic E-state index is 0.0692. The van der Waals surface area contributed by atoms with Gasteiger partial charge in [-0.05, 0) is 42.5 Å². The Morgan fingerprint density at radius 2 is 1.70 bits per heavy atom. The van der Waals surface area contributed by atoms with Gasteiger partial charge in [-0.25, -0.2) is 4.99 Å². The molecule has 1 aliphatic heterocycles. The summed E-state index contributed by atoms with van der Waals surface area (Å²) < 4.78 is 0. The summed E-state index contributed by atoms with van der Waals surface area (Å²) in [7, 11) is 0. The number of hydrogen-bond acceptors (Lipinski definition) is 4. The second-order valence-corrected chi connectivity index (χ2v) is 8.21. The van der Waals surface area contributed by atoms with Gasteiger partial charge in [0.25, 0.3) is 0 Å². The molecule has 5 nitrogen and oxygen atoms in total. The molecule has 150 valence electrons. The summed E-state index contributed by atoms with van der Waals surface area (Å²) in [4.78, 5) is 32.1. The molecule has 0 aliphatic carbocycles. The van der Waals surface area contributed by atoms with Crippen molar-refractivity contribution in [1.82, 2.24) is 0 Å². The molecule has 0 saturated carbocycles. The van der Waals surface area contributed by atoms with Gasteiger partial charge in [-0.3, -0.25) is 14.5 Å². The number of carbonyl (C=O) groups is 2. The zero-order valence-corrected chi connectivity index (χ0v) is 17.4. The van der Waals surface area contributed by atoms with Crippen LogP contribution >= 0.6 is 23.4 Å². The quantitative estimate of drug-likeness (QED) is 0.588. The van der Waals surface area contributed by atoms with E-state index in [-0.39, 0.29) is 18.2 Å². The van der Waals surface area contributed by atoms with Crippen molar-refractivity contribution in [2.24, 2.45) is 4.99 Å². The van der Waals surface area contributed by atoms with Crippen molar-refractivity contribution in [3.8, 4) is 0 Å². The zero-order valence-electron chi connectivity index (χ0n) is 15.9. The molecule has 1 N–H and O–H groups in total. The number of aliphatic imine (C=N–C) groups is 1. The van der Waals surface area contributed by atoms with E-state index in [0.29, 0.717) is 21.6 Å². The van der Waals surface area contributed by atoms with E-state index in [1.165, 1.54) is 11.8 Å². The summed E-state index contributed by atoms with van der Waals surface area (Å²) in [5.74, 6) is -0.440. The molecular weight excluding hydrogens is 418 g/mol. The third kappa shape index (κ3) is 4.72. The van der Waals surface area contributed by atoms with Crippen molar-refractivity contribution in [3.05, 3.63) is 90.0 Å². The summed E-state index contributed by atoms with van der Waals surface area (Å²) in [6.07, 6.45) is 0.0692. The molecule has 0 radical (unpaired) electrons. The molecule has 2 amide bonds. The Balaban J connectivity index is 1.63. The molecule has 0 aromatic heterocycles. The maximum Gasteiger partial charge on any atom is 0.238 e. The SMILES string of the molecule is O=C(Nc1cccc(Cl)c1)[C@@H]1CC(=O)N(c2ccccc2)C(=Nc2ccccc2)S1. The lowest BCUT2D eigenvalue weighted by Crippen LogP contribution is -2.45. The number of amidine groups is 1. The normalized spacial score (nSPS) is 17.8. The molecule has 1 heterocycles. The van der Waals surface area contributed by atoms with Crippen LogP contribution in [0.5, 0.6) is 0 Å². The Morgan fingerprint density at radius 1 is 1.00 bits per heavy atom. The van der Waals surface area contributed by atoms with Crippen LogP contribution in [-0.4, -0.2) is 22.2 Å². The molecule has 7 heteroatoms. The molecule has 3 aromatic rings. The largest absolute Gasteiger partial charge is 0.325 e. The molecule has 0 unspecified atom stereocenters. The van der Waals surface area contributed by atoms with Crippen LogP contribution in [0.4, 0.5) is 17.1 Å². The van der Waals surface area contributed by atoms with Crippen LogP contribution in [0.2, 0.25) is 5.02 Å². The highest BCUT2D eigenvalue weighted by molar-refractivity contribution is 8.15. The molecular formula is C23H18ClN3O2S. The number of rotatable bonds is 4. The molecule has 30 heavy (non-hydrogen) atoms. The molecule has 1 saturated heterocycles. The van der Waals surface area contributed by atoms with Gasteiger partial charge < -0.3 is 5.32 Å². The topological polar surface area (TPSA) is 61.8 Å². The first-order chi connectivity index (χ1) is 14.6. The second-order valence-electron chi connectivity index (χ2n) is 6.60. The number of hydrogen-bond donors (Lipinski definition) is 1. The lowest BCUT2D eigenvalue weighted by molar-refractivity contribution is -0.121. The predicted octanol–water partition coefficient (Wildman–Crippen LogP) is 5.50. The van der Waals surface area contributed by atoms with Crippen LogP contribution in [0.3, 0.4) is 0 Å². The highest BCUT2D eigenvalue weighted by Gasteiger charge is 2.36. The van der Waals surface area contributed by atoms with Crippen molar-refractivity contribution in [1.29, 1.82) is 0 Å². The summed E-state index contributed by atoms with van der Waals surface area (Å²) in [5.41, 5.74) is 2.02. The fourth-order valence-electron chi connectivity index (χ4n) is 3.03. The Hall–Kier alpha value is -3.09. The van der Waals surface area contributed by atoms with Gasteiger partial charge in [0.05, 0.1) is 11.4 Å².